The first-order valence-electron chi connectivity index (χ1n) is 7.61. The molecule has 3 aromatic carbocycles. The molecule has 1 heterocycles. The number of urea groups is 1. The summed E-state index contributed by atoms with van der Waals surface area (Å²) in [6, 6.07) is 19.4. The van der Waals surface area contributed by atoms with Gasteiger partial charge in [-0.1, -0.05) is 30.3 Å². The summed E-state index contributed by atoms with van der Waals surface area (Å²) in [4.78, 5) is 16.7. The van der Waals surface area contributed by atoms with Gasteiger partial charge < -0.3 is 10.6 Å². The van der Waals surface area contributed by atoms with Crippen LogP contribution in [-0.4, -0.2) is 11.0 Å². The molecule has 0 spiro atoms. The molecule has 1 aromatic heterocycles. The fourth-order valence-electron chi connectivity index (χ4n) is 2.68. The highest BCUT2D eigenvalue weighted by molar-refractivity contribution is 7.18. The first-order chi connectivity index (χ1) is 11.7. The van der Waals surface area contributed by atoms with Gasteiger partial charge in [-0.15, -0.1) is 11.3 Å². The summed E-state index contributed by atoms with van der Waals surface area (Å²) in [5, 5.41) is 8.98. The number of benzene rings is 3. The highest BCUT2D eigenvalue weighted by Gasteiger charge is 2.06. The molecule has 24 heavy (non-hydrogen) atoms. The van der Waals surface area contributed by atoms with E-state index < -0.39 is 0 Å². The van der Waals surface area contributed by atoms with Crippen LogP contribution in [0.5, 0.6) is 0 Å². The zero-order valence-corrected chi connectivity index (χ0v) is 13.9. The molecular formula is C19H15N3OS. The minimum absolute atomic E-state index is 0.267. The number of hydrogen-bond acceptors (Lipinski definition) is 3. The Hall–Kier alpha value is -2.92. The third kappa shape index (κ3) is 2.94. The molecule has 0 aliphatic heterocycles. The van der Waals surface area contributed by atoms with Gasteiger partial charge in [-0.05, 0) is 48.0 Å². The van der Waals surface area contributed by atoms with Crippen molar-refractivity contribution in [3.8, 4) is 0 Å². The van der Waals surface area contributed by atoms with Gasteiger partial charge in [0, 0.05) is 11.4 Å². The summed E-state index contributed by atoms with van der Waals surface area (Å²) >= 11 is 1.64. The number of thiazole rings is 1. The second-order valence-electron chi connectivity index (χ2n) is 5.56. The molecule has 118 valence electrons. The number of aromatic nitrogens is 1. The van der Waals surface area contributed by atoms with Crippen LogP contribution in [0.2, 0.25) is 0 Å². The number of rotatable bonds is 2. The quantitative estimate of drug-likeness (QED) is 0.516. The lowest BCUT2D eigenvalue weighted by Crippen LogP contribution is -2.19. The van der Waals surface area contributed by atoms with Crippen molar-refractivity contribution in [2.75, 3.05) is 10.6 Å². The Bertz CT molecular complexity index is 1050. The largest absolute Gasteiger partial charge is 0.323 e. The molecule has 4 aromatic rings. The molecule has 0 aliphatic rings. The normalized spacial score (nSPS) is 10.9. The minimum atomic E-state index is -0.267. The number of carbonyl (C=O) groups is 1. The maximum atomic E-state index is 12.2. The highest BCUT2D eigenvalue weighted by Crippen LogP contribution is 2.24. The maximum Gasteiger partial charge on any atom is 0.323 e. The van der Waals surface area contributed by atoms with Gasteiger partial charge in [0.2, 0.25) is 0 Å². The van der Waals surface area contributed by atoms with Crippen LogP contribution in [0.25, 0.3) is 21.0 Å². The molecule has 0 bridgehead atoms. The van der Waals surface area contributed by atoms with Crippen LogP contribution >= 0.6 is 11.3 Å². The van der Waals surface area contributed by atoms with Crippen LogP contribution in [0.4, 0.5) is 16.2 Å². The predicted octanol–water partition coefficient (Wildman–Crippen LogP) is 5.40. The lowest BCUT2D eigenvalue weighted by molar-refractivity contribution is 0.262. The molecule has 2 amide bonds. The zero-order chi connectivity index (χ0) is 16.5. The first kappa shape index (κ1) is 14.7. The van der Waals surface area contributed by atoms with E-state index in [1.165, 1.54) is 0 Å². The maximum absolute atomic E-state index is 12.2. The second kappa shape index (κ2) is 5.94. The van der Waals surface area contributed by atoms with Crippen molar-refractivity contribution in [1.82, 2.24) is 4.98 Å². The Labute approximate surface area is 143 Å². The van der Waals surface area contributed by atoms with Gasteiger partial charge in [0.1, 0.15) is 0 Å². The number of carbonyl (C=O) groups excluding carboxylic acids is 1. The van der Waals surface area contributed by atoms with E-state index in [4.69, 9.17) is 0 Å². The molecule has 0 radical (unpaired) electrons. The molecule has 5 heteroatoms. The van der Waals surface area contributed by atoms with Gasteiger partial charge in [-0.2, -0.15) is 0 Å². The third-order valence-corrected chi connectivity index (χ3v) is 4.71. The Balaban J connectivity index is 1.51. The van der Waals surface area contributed by atoms with Crippen LogP contribution in [0, 0.1) is 6.92 Å². The standard InChI is InChI=1S/C19H15N3OS/c1-12-20-17-11-16(8-9-18(17)24-12)22-19(23)21-15-7-6-13-4-2-3-5-14(13)10-15/h2-11H,1H3,(H2,21,22,23). The van der Waals surface area contributed by atoms with E-state index in [0.29, 0.717) is 0 Å². The molecule has 0 atom stereocenters. The Kier molecular flexibility index (Phi) is 3.63. The van der Waals surface area contributed by atoms with Crippen LogP contribution in [0.3, 0.4) is 0 Å². The van der Waals surface area contributed by atoms with Crippen molar-refractivity contribution in [2.45, 2.75) is 6.92 Å². The van der Waals surface area contributed by atoms with E-state index in [0.717, 1.165) is 37.4 Å². The van der Waals surface area contributed by atoms with Gasteiger partial charge in [0.05, 0.1) is 15.2 Å². The number of fused-ring (bicyclic) bond motifs is 2. The SMILES string of the molecule is Cc1nc2cc(NC(=O)Nc3ccc4ccccc4c3)ccc2s1. The van der Waals surface area contributed by atoms with Crippen molar-refractivity contribution in [3.05, 3.63) is 65.7 Å². The molecule has 0 aliphatic carbocycles. The average molecular weight is 333 g/mol. The Morgan fingerprint density at radius 2 is 1.62 bits per heavy atom. The summed E-state index contributed by atoms with van der Waals surface area (Å²) in [5.41, 5.74) is 2.39. The second-order valence-corrected chi connectivity index (χ2v) is 6.79. The number of nitrogens with one attached hydrogen (secondary N) is 2. The summed E-state index contributed by atoms with van der Waals surface area (Å²) in [5.74, 6) is 0. The third-order valence-electron chi connectivity index (χ3n) is 3.76. The van der Waals surface area contributed by atoms with Crippen molar-refractivity contribution >= 4 is 49.7 Å². The van der Waals surface area contributed by atoms with Gasteiger partial charge in [0.15, 0.2) is 0 Å². The van der Waals surface area contributed by atoms with Crippen LogP contribution < -0.4 is 10.6 Å². The van der Waals surface area contributed by atoms with E-state index in [9.17, 15) is 4.79 Å². The van der Waals surface area contributed by atoms with Crippen molar-refractivity contribution in [3.63, 3.8) is 0 Å². The number of aryl methyl sites for hydroxylation is 1. The molecule has 0 saturated carbocycles. The van der Waals surface area contributed by atoms with Gasteiger partial charge in [-0.3, -0.25) is 0 Å². The summed E-state index contributed by atoms with van der Waals surface area (Å²) < 4.78 is 1.12. The summed E-state index contributed by atoms with van der Waals surface area (Å²) in [6.07, 6.45) is 0. The lowest BCUT2D eigenvalue weighted by Gasteiger charge is -2.08. The Morgan fingerprint density at radius 3 is 2.46 bits per heavy atom. The zero-order valence-electron chi connectivity index (χ0n) is 13.0. The number of nitrogens with zero attached hydrogens (tertiary/aromatic N) is 1. The van der Waals surface area contributed by atoms with Crippen LogP contribution in [0.1, 0.15) is 5.01 Å². The molecule has 4 rings (SSSR count). The Morgan fingerprint density at radius 1 is 0.917 bits per heavy atom. The van der Waals surface area contributed by atoms with Gasteiger partial charge in [0.25, 0.3) is 0 Å². The van der Waals surface area contributed by atoms with E-state index in [1.54, 1.807) is 11.3 Å². The van der Waals surface area contributed by atoms with E-state index in [2.05, 4.69) is 15.6 Å². The fourth-order valence-corrected chi connectivity index (χ4v) is 3.49. The minimum Gasteiger partial charge on any atom is -0.308 e. The average Bonchev–Trinajstić information content (AvgIpc) is 2.94. The van der Waals surface area contributed by atoms with E-state index in [1.807, 2.05) is 67.6 Å². The monoisotopic (exact) mass is 333 g/mol. The van der Waals surface area contributed by atoms with Crippen LogP contribution in [-0.2, 0) is 0 Å². The highest BCUT2D eigenvalue weighted by atomic mass is 32.1. The summed E-state index contributed by atoms with van der Waals surface area (Å²) in [6.45, 7) is 1.98. The number of hydrogen-bond donors (Lipinski definition) is 2. The number of amides is 2. The lowest BCUT2D eigenvalue weighted by atomic mass is 10.1. The number of anilines is 2. The topological polar surface area (TPSA) is 54.0 Å². The van der Waals surface area contributed by atoms with Crippen molar-refractivity contribution in [2.24, 2.45) is 0 Å². The van der Waals surface area contributed by atoms with Crippen molar-refractivity contribution in [1.29, 1.82) is 0 Å². The van der Waals surface area contributed by atoms with Crippen molar-refractivity contribution < 1.29 is 4.79 Å². The molecule has 2 N–H and O–H groups in total. The fraction of sp³-hybridized carbons (Fsp3) is 0.0526. The predicted molar refractivity (Wildman–Crippen MR) is 101 cm³/mol. The smallest absolute Gasteiger partial charge is 0.308 e. The molecule has 4 nitrogen and oxygen atoms in total. The summed E-state index contributed by atoms with van der Waals surface area (Å²) in [7, 11) is 0. The molecule has 0 unspecified atom stereocenters. The van der Waals surface area contributed by atoms with Gasteiger partial charge in [-0.25, -0.2) is 9.78 Å². The van der Waals surface area contributed by atoms with E-state index >= 15 is 0 Å². The molecular weight excluding hydrogens is 318 g/mol. The van der Waals surface area contributed by atoms with Gasteiger partial charge >= 0.3 is 6.03 Å². The molecule has 0 fully saturated rings. The first-order valence-corrected chi connectivity index (χ1v) is 8.43. The molecule has 0 saturated heterocycles. The van der Waals surface area contributed by atoms with E-state index in [-0.39, 0.29) is 6.03 Å². The van der Waals surface area contributed by atoms with Crippen LogP contribution in [0.15, 0.2) is 60.7 Å².